The fourth-order valence-electron chi connectivity index (χ4n) is 4.61. The van der Waals surface area contributed by atoms with Gasteiger partial charge in [0.25, 0.3) is 10.8 Å². The second-order valence-corrected chi connectivity index (χ2v) is 10.4. The second-order valence-electron chi connectivity index (χ2n) is 8.27. The third kappa shape index (κ3) is 2.98. The lowest BCUT2D eigenvalue weighted by molar-refractivity contribution is -0.123. The van der Waals surface area contributed by atoms with E-state index in [2.05, 4.69) is 0 Å². The van der Waals surface area contributed by atoms with E-state index in [-0.39, 0.29) is 23.5 Å². The molecule has 3 aromatic rings. The summed E-state index contributed by atoms with van der Waals surface area (Å²) in [7, 11) is -4.46. The molecule has 3 aromatic carbocycles. The molecule has 34 heavy (non-hydrogen) atoms. The van der Waals surface area contributed by atoms with Crippen molar-refractivity contribution in [1.29, 1.82) is 0 Å². The maximum Gasteiger partial charge on any atom is 0.274 e. The van der Waals surface area contributed by atoms with E-state index in [0.29, 0.717) is 17.2 Å². The Morgan fingerprint density at radius 1 is 0.912 bits per heavy atom. The van der Waals surface area contributed by atoms with E-state index in [1.165, 1.54) is 35.2 Å². The topological polar surface area (TPSA) is 74.8 Å². The smallest absolute Gasteiger partial charge is 0.274 e. The zero-order chi connectivity index (χ0) is 24.4. The van der Waals surface area contributed by atoms with E-state index >= 15 is 0 Å². The Kier molecular flexibility index (Phi) is 4.84. The molecule has 10 heteroatoms. The number of hydrogen-bond acceptors (Lipinski definition) is 4. The quantitative estimate of drug-likeness (QED) is 0.567. The first-order valence-electron chi connectivity index (χ1n) is 10.2. The van der Waals surface area contributed by atoms with Gasteiger partial charge in [0.15, 0.2) is 21.5 Å². The van der Waals surface area contributed by atoms with E-state index in [0.717, 1.165) is 17.0 Å². The van der Waals surface area contributed by atoms with E-state index in [4.69, 9.17) is 0 Å². The highest BCUT2D eigenvalue weighted by Gasteiger charge is 2.69. The fraction of sp³-hybridized carbons (Fsp3) is 0.167. The van der Waals surface area contributed by atoms with E-state index in [1.54, 1.807) is 19.1 Å². The highest BCUT2D eigenvalue weighted by atomic mass is 32.2. The highest BCUT2D eigenvalue weighted by Crippen LogP contribution is 2.53. The van der Waals surface area contributed by atoms with Crippen molar-refractivity contribution < 1.29 is 31.2 Å². The van der Waals surface area contributed by atoms with Crippen LogP contribution in [0.25, 0.3) is 0 Å². The zero-order valence-corrected chi connectivity index (χ0v) is 18.6. The summed E-state index contributed by atoms with van der Waals surface area (Å²) < 4.78 is 68.1. The molecule has 2 aliphatic rings. The Bertz CT molecular complexity index is 1470. The third-order valence-electron chi connectivity index (χ3n) is 6.09. The molecule has 1 spiro atoms. The number of nitrogens with zero attached hydrogens (tertiary/aromatic N) is 2. The Morgan fingerprint density at radius 3 is 2.29 bits per heavy atom. The van der Waals surface area contributed by atoms with Crippen molar-refractivity contribution in [2.24, 2.45) is 0 Å². The average molecular weight is 486 g/mol. The number of carbonyl (C=O) groups is 2. The van der Waals surface area contributed by atoms with Gasteiger partial charge in [0.1, 0.15) is 11.6 Å². The van der Waals surface area contributed by atoms with Crippen LogP contribution in [-0.4, -0.2) is 26.0 Å². The van der Waals surface area contributed by atoms with Crippen LogP contribution in [0.1, 0.15) is 16.7 Å². The van der Waals surface area contributed by atoms with Gasteiger partial charge < -0.3 is 4.90 Å². The Hall–Kier alpha value is -3.66. The highest BCUT2D eigenvalue weighted by molar-refractivity contribution is 7.94. The van der Waals surface area contributed by atoms with Crippen LogP contribution in [0.3, 0.4) is 0 Å². The normalized spacial score (nSPS) is 20.9. The molecule has 1 fully saturated rings. The van der Waals surface area contributed by atoms with Gasteiger partial charge in [-0.15, -0.1) is 0 Å². The predicted octanol–water partition coefficient (Wildman–Crippen LogP) is 3.57. The monoisotopic (exact) mass is 486 g/mol. The van der Waals surface area contributed by atoms with Crippen LogP contribution < -0.4 is 9.80 Å². The van der Waals surface area contributed by atoms with E-state index in [9.17, 15) is 31.2 Å². The molecule has 1 saturated heterocycles. The number of sulfone groups is 1. The maximum absolute atomic E-state index is 14.1. The summed E-state index contributed by atoms with van der Waals surface area (Å²) in [6, 6.07) is 12.6. The number of aryl methyl sites for hydroxylation is 1. The minimum atomic E-state index is -4.46. The summed E-state index contributed by atoms with van der Waals surface area (Å²) in [5.41, 5.74) is 1.21. The summed E-state index contributed by atoms with van der Waals surface area (Å²) in [4.78, 5) is 26.5. The lowest BCUT2D eigenvalue weighted by Gasteiger charge is -2.32. The molecular weight excluding hydrogens is 469 g/mol. The molecular formula is C24H17F3N2O4S. The van der Waals surface area contributed by atoms with Gasteiger partial charge in [0.2, 0.25) is 5.91 Å². The summed E-state index contributed by atoms with van der Waals surface area (Å²) >= 11 is 0. The second kappa shape index (κ2) is 7.42. The van der Waals surface area contributed by atoms with Gasteiger partial charge in [-0.3, -0.25) is 14.5 Å². The number of fused-ring (bicyclic) bond motifs is 2. The van der Waals surface area contributed by atoms with Gasteiger partial charge in [-0.25, -0.2) is 21.6 Å². The Labute approximate surface area is 193 Å². The van der Waals surface area contributed by atoms with Gasteiger partial charge in [-0.1, -0.05) is 23.8 Å². The number of carbonyl (C=O) groups excluding carboxylic acids is 2. The van der Waals surface area contributed by atoms with Crippen molar-refractivity contribution in [3.8, 4) is 0 Å². The van der Waals surface area contributed by atoms with Gasteiger partial charge in [0, 0.05) is 17.3 Å². The zero-order valence-electron chi connectivity index (χ0n) is 17.8. The van der Waals surface area contributed by atoms with Gasteiger partial charge in [0.05, 0.1) is 12.2 Å². The van der Waals surface area contributed by atoms with Crippen molar-refractivity contribution in [2.75, 3.05) is 15.6 Å². The lowest BCUT2D eigenvalue weighted by atomic mass is 10.0. The van der Waals surface area contributed by atoms with Crippen LogP contribution in [0, 0.1) is 24.4 Å². The van der Waals surface area contributed by atoms with Crippen LogP contribution in [0.2, 0.25) is 0 Å². The van der Waals surface area contributed by atoms with Crippen molar-refractivity contribution in [3.05, 3.63) is 94.8 Å². The van der Waals surface area contributed by atoms with Gasteiger partial charge in [-0.2, -0.15) is 0 Å². The molecule has 0 saturated carbocycles. The molecule has 174 valence electrons. The summed E-state index contributed by atoms with van der Waals surface area (Å²) in [5.74, 6) is -5.78. The molecule has 2 heterocycles. The number of halogens is 3. The lowest BCUT2D eigenvalue weighted by Crippen LogP contribution is -2.54. The average Bonchev–Trinajstić information content (AvgIpc) is 3.14. The van der Waals surface area contributed by atoms with E-state index < -0.39 is 49.7 Å². The van der Waals surface area contributed by atoms with E-state index in [1.807, 2.05) is 0 Å². The largest absolute Gasteiger partial charge is 0.304 e. The molecule has 0 aromatic heterocycles. The first kappa shape index (κ1) is 22.1. The van der Waals surface area contributed by atoms with Gasteiger partial charge >= 0.3 is 0 Å². The number of benzene rings is 3. The molecule has 1 atom stereocenters. The van der Waals surface area contributed by atoms with Crippen LogP contribution in [0.15, 0.2) is 60.7 Å². The molecule has 5 rings (SSSR count). The van der Waals surface area contributed by atoms with Crippen molar-refractivity contribution >= 4 is 33.0 Å². The van der Waals surface area contributed by atoms with Crippen LogP contribution >= 0.6 is 0 Å². The fourth-order valence-corrected chi connectivity index (χ4v) is 6.63. The third-order valence-corrected chi connectivity index (χ3v) is 8.19. The molecule has 0 aliphatic carbocycles. The number of hydrogen-bond donors (Lipinski definition) is 0. The number of amides is 2. The Morgan fingerprint density at radius 2 is 1.62 bits per heavy atom. The van der Waals surface area contributed by atoms with Crippen LogP contribution in [0.5, 0.6) is 0 Å². The standard InChI is InChI=1S/C24H17F3N2O4S/c1-14-2-9-21-18(10-14)24(23(31)28(21)12-15-3-5-16(25)6-4-15)29(22(30)13-34(24,32)33)17-7-8-19(26)20(27)11-17/h2-11H,12-13H2,1H3. The first-order valence-corrected chi connectivity index (χ1v) is 11.9. The molecule has 0 radical (unpaired) electrons. The Balaban J connectivity index is 1.76. The molecule has 6 nitrogen and oxygen atoms in total. The van der Waals surface area contributed by atoms with Crippen molar-refractivity contribution in [2.45, 2.75) is 18.3 Å². The van der Waals surface area contributed by atoms with Gasteiger partial charge in [-0.05, 0) is 48.9 Å². The van der Waals surface area contributed by atoms with Crippen molar-refractivity contribution in [3.63, 3.8) is 0 Å². The summed E-state index contributed by atoms with van der Waals surface area (Å²) in [6.07, 6.45) is 0. The molecule has 2 aliphatic heterocycles. The molecule has 1 unspecified atom stereocenters. The maximum atomic E-state index is 14.1. The summed E-state index contributed by atoms with van der Waals surface area (Å²) in [5, 5.41) is 0. The van der Waals surface area contributed by atoms with Crippen LogP contribution in [-0.2, 0) is 30.8 Å². The SMILES string of the molecule is Cc1ccc2c(c1)C1(C(=O)N2Cc2ccc(F)cc2)N(c2ccc(F)c(F)c2)C(=O)CS1(=O)=O. The minimum absolute atomic E-state index is 0.0511. The predicted molar refractivity (Wildman–Crippen MR) is 118 cm³/mol. The number of rotatable bonds is 3. The molecule has 0 N–H and O–H groups in total. The number of anilines is 2. The molecule has 2 amide bonds. The van der Waals surface area contributed by atoms with Crippen LogP contribution in [0.4, 0.5) is 24.5 Å². The van der Waals surface area contributed by atoms with Crippen molar-refractivity contribution in [1.82, 2.24) is 0 Å². The minimum Gasteiger partial charge on any atom is -0.304 e. The molecule has 0 bridgehead atoms. The summed E-state index contributed by atoms with van der Waals surface area (Å²) in [6.45, 7) is 1.61. The first-order chi connectivity index (χ1) is 16.1.